The van der Waals surface area contributed by atoms with Gasteiger partial charge in [0.05, 0.1) is 11.9 Å². The van der Waals surface area contributed by atoms with Crippen LogP contribution in [0.5, 0.6) is 0 Å². The van der Waals surface area contributed by atoms with E-state index in [0.717, 1.165) is 0 Å². The Morgan fingerprint density at radius 2 is 1.64 bits per heavy atom. The summed E-state index contributed by atoms with van der Waals surface area (Å²) in [6, 6.07) is 0. The lowest BCUT2D eigenvalue weighted by Crippen LogP contribution is -2.20. The molecule has 0 saturated carbocycles. The van der Waals surface area contributed by atoms with Gasteiger partial charge in [-0.3, -0.25) is 0 Å². The largest absolute Gasteiger partial charge is 0.545 e. The molecule has 0 aromatic rings. The predicted octanol–water partition coefficient (Wildman–Crippen LogP) is -2.10. The highest BCUT2D eigenvalue weighted by Gasteiger charge is 1.85. The van der Waals surface area contributed by atoms with E-state index in [0.29, 0.717) is 12.2 Å². The molecule has 0 aliphatic rings. The molecule has 0 atom stereocenters. The van der Waals surface area contributed by atoms with Crippen molar-refractivity contribution in [2.24, 2.45) is 0 Å². The molecular formula is C6H3FO4-2. The summed E-state index contributed by atoms with van der Waals surface area (Å²) >= 11 is 0. The fourth-order valence-electron chi connectivity index (χ4n) is 0.308. The van der Waals surface area contributed by atoms with Gasteiger partial charge in [-0.2, -0.15) is 0 Å². The minimum Gasteiger partial charge on any atom is -0.545 e. The third-order valence-electron chi connectivity index (χ3n) is 0.634. The van der Waals surface area contributed by atoms with Crippen molar-refractivity contribution in [3.8, 4) is 0 Å². The van der Waals surface area contributed by atoms with Crippen LogP contribution in [0, 0.1) is 0 Å². The molecule has 0 saturated heterocycles. The summed E-state index contributed by atoms with van der Waals surface area (Å²) in [4.78, 5) is 19.3. The van der Waals surface area contributed by atoms with Crippen LogP contribution in [0.4, 0.5) is 4.39 Å². The fraction of sp³-hybridized carbons (Fsp3) is 0. The second-order valence-electron chi connectivity index (χ2n) is 1.50. The molecule has 0 N–H and O–H groups in total. The third kappa shape index (κ3) is 6.23. The minimum atomic E-state index is -1.73. The number of allylic oxidation sites excluding steroid dienone is 2. The van der Waals surface area contributed by atoms with Crippen molar-refractivity contribution < 1.29 is 24.2 Å². The van der Waals surface area contributed by atoms with Crippen LogP contribution >= 0.6 is 0 Å². The summed E-state index contributed by atoms with van der Waals surface area (Å²) in [6.07, 6.45) is 0.944. The standard InChI is InChI=1S/C6H5FO4/c7-4(3-6(10)11)1-2-5(8)9/h1-3H,(H,8,9)(H,10,11)/p-2/b2-1-,4-3+. The van der Waals surface area contributed by atoms with Crippen molar-refractivity contribution in [3.63, 3.8) is 0 Å². The van der Waals surface area contributed by atoms with Crippen LogP contribution < -0.4 is 10.2 Å². The summed E-state index contributed by atoms with van der Waals surface area (Å²) in [6.45, 7) is 0. The number of carbonyl (C=O) groups excluding carboxylic acids is 2. The van der Waals surface area contributed by atoms with Crippen LogP contribution in [0.2, 0.25) is 0 Å². The van der Waals surface area contributed by atoms with E-state index >= 15 is 0 Å². The number of hydrogen-bond acceptors (Lipinski definition) is 4. The number of carboxylic acids is 2. The normalized spacial score (nSPS) is 11.9. The Morgan fingerprint density at radius 3 is 2.00 bits per heavy atom. The van der Waals surface area contributed by atoms with E-state index in [9.17, 15) is 24.2 Å². The topological polar surface area (TPSA) is 80.3 Å². The Balaban J connectivity index is 4.17. The Labute approximate surface area is 61.3 Å². The van der Waals surface area contributed by atoms with Crippen LogP contribution in [0.25, 0.3) is 0 Å². The average molecular weight is 158 g/mol. The molecular weight excluding hydrogens is 155 g/mol. The molecule has 0 fully saturated rings. The molecule has 0 bridgehead atoms. The highest BCUT2D eigenvalue weighted by molar-refractivity contribution is 5.81. The zero-order chi connectivity index (χ0) is 8.85. The fourth-order valence-corrected chi connectivity index (χ4v) is 0.308. The number of hydrogen-bond donors (Lipinski definition) is 0. The van der Waals surface area contributed by atoms with Crippen LogP contribution in [-0.2, 0) is 9.59 Å². The van der Waals surface area contributed by atoms with Crippen molar-refractivity contribution in [2.75, 3.05) is 0 Å². The van der Waals surface area contributed by atoms with E-state index in [1.807, 2.05) is 0 Å². The number of halogens is 1. The lowest BCUT2D eigenvalue weighted by atomic mass is 10.4. The van der Waals surface area contributed by atoms with E-state index < -0.39 is 17.8 Å². The Bertz CT molecular complexity index is 229. The van der Waals surface area contributed by atoms with E-state index in [4.69, 9.17) is 0 Å². The van der Waals surface area contributed by atoms with Gasteiger partial charge in [0.1, 0.15) is 5.83 Å². The quantitative estimate of drug-likeness (QED) is 0.348. The van der Waals surface area contributed by atoms with Crippen LogP contribution in [0.15, 0.2) is 24.1 Å². The van der Waals surface area contributed by atoms with Gasteiger partial charge in [0.2, 0.25) is 0 Å². The first-order chi connectivity index (χ1) is 5.02. The molecule has 0 aromatic heterocycles. The summed E-state index contributed by atoms with van der Waals surface area (Å²) in [7, 11) is 0. The van der Waals surface area contributed by atoms with Crippen LogP contribution in [0.1, 0.15) is 0 Å². The van der Waals surface area contributed by atoms with Crippen molar-refractivity contribution >= 4 is 11.9 Å². The highest BCUT2D eigenvalue weighted by atomic mass is 19.1. The van der Waals surface area contributed by atoms with Crippen molar-refractivity contribution in [2.45, 2.75) is 0 Å². The Hall–Kier alpha value is -1.65. The summed E-state index contributed by atoms with van der Waals surface area (Å²) < 4.78 is 12.1. The van der Waals surface area contributed by atoms with E-state index in [1.165, 1.54) is 0 Å². The molecule has 0 spiro atoms. The van der Waals surface area contributed by atoms with Gasteiger partial charge < -0.3 is 19.8 Å². The summed E-state index contributed by atoms with van der Waals surface area (Å²) in [5.74, 6) is -4.55. The third-order valence-corrected chi connectivity index (χ3v) is 0.634. The molecule has 0 heterocycles. The van der Waals surface area contributed by atoms with E-state index in [-0.39, 0.29) is 6.08 Å². The average Bonchev–Trinajstić information content (AvgIpc) is 1.82. The zero-order valence-electron chi connectivity index (χ0n) is 5.24. The second kappa shape index (κ2) is 4.21. The van der Waals surface area contributed by atoms with Gasteiger partial charge in [0.25, 0.3) is 0 Å². The summed E-state index contributed by atoms with van der Waals surface area (Å²) in [5.41, 5.74) is 0. The smallest absolute Gasteiger partial charge is 0.125 e. The SMILES string of the molecule is O=C([O-])/C=C\C(F)=C/C(=O)[O-]. The molecule has 4 nitrogen and oxygen atoms in total. The van der Waals surface area contributed by atoms with Gasteiger partial charge in [-0.05, 0) is 18.2 Å². The molecule has 0 unspecified atom stereocenters. The lowest BCUT2D eigenvalue weighted by Gasteiger charge is -1.91. The monoisotopic (exact) mass is 158 g/mol. The first-order valence-electron chi connectivity index (χ1n) is 2.49. The maximum atomic E-state index is 12.1. The predicted molar refractivity (Wildman–Crippen MR) is 28.3 cm³/mol. The van der Waals surface area contributed by atoms with E-state index in [2.05, 4.69) is 0 Å². The van der Waals surface area contributed by atoms with E-state index in [1.54, 1.807) is 0 Å². The minimum absolute atomic E-state index is 0.124. The first kappa shape index (κ1) is 9.35. The molecule has 11 heavy (non-hydrogen) atoms. The molecule has 5 heteroatoms. The van der Waals surface area contributed by atoms with Crippen LogP contribution in [-0.4, -0.2) is 11.9 Å². The maximum Gasteiger partial charge on any atom is 0.125 e. The number of carbonyl (C=O) groups is 2. The van der Waals surface area contributed by atoms with Gasteiger partial charge in [0, 0.05) is 0 Å². The van der Waals surface area contributed by atoms with Gasteiger partial charge in [-0.25, -0.2) is 4.39 Å². The first-order valence-corrected chi connectivity index (χ1v) is 2.49. The van der Waals surface area contributed by atoms with Crippen molar-refractivity contribution in [1.82, 2.24) is 0 Å². The zero-order valence-corrected chi connectivity index (χ0v) is 5.24. The number of aliphatic carboxylic acids is 2. The Morgan fingerprint density at radius 1 is 1.09 bits per heavy atom. The Kier molecular flexibility index (Phi) is 3.58. The van der Waals surface area contributed by atoms with Crippen LogP contribution in [0.3, 0.4) is 0 Å². The number of carboxylic acid groups (broad SMARTS) is 2. The van der Waals surface area contributed by atoms with Crippen molar-refractivity contribution in [1.29, 1.82) is 0 Å². The lowest BCUT2D eigenvalue weighted by molar-refractivity contribution is -0.299. The van der Waals surface area contributed by atoms with Crippen molar-refractivity contribution in [3.05, 3.63) is 24.1 Å². The summed E-state index contributed by atoms with van der Waals surface area (Å²) in [5, 5.41) is 19.3. The molecule has 60 valence electrons. The van der Waals surface area contributed by atoms with Gasteiger partial charge in [-0.1, -0.05) is 0 Å². The molecule has 0 radical (unpaired) electrons. The molecule has 0 aliphatic heterocycles. The van der Waals surface area contributed by atoms with Gasteiger partial charge >= 0.3 is 0 Å². The second-order valence-corrected chi connectivity index (χ2v) is 1.50. The molecule has 0 aromatic carbocycles. The molecule has 0 aliphatic carbocycles. The van der Waals surface area contributed by atoms with Gasteiger partial charge in [-0.15, -0.1) is 0 Å². The number of rotatable bonds is 3. The van der Waals surface area contributed by atoms with Gasteiger partial charge in [0.15, 0.2) is 0 Å². The molecule has 0 amide bonds. The maximum absolute atomic E-state index is 12.1. The highest BCUT2D eigenvalue weighted by Crippen LogP contribution is 1.95. The molecule has 0 rings (SSSR count).